The fourth-order valence-electron chi connectivity index (χ4n) is 0.306. The summed E-state index contributed by atoms with van der Waals surface area (Å²) in [7, 11) is 1.49. The second kappa shape index (κ2) is 4.09. The van der Waals surface area contributed by atoms with E-state index in [0.717, 1.165) is 0 Å². The molecule has 0 amide bonds. The summed E-state index contributed by atoms with van der Waals surface area (Å²) in [6.07, 6.45) is 1.32. The Morgan fingerprint density at radius 2 is 2.33 bits per heavy atom. The third-order valence-electron chi connectivity index (χ3n) is 0.804. The lowest BCUT2D eigenvalue weighted by Gasteiger charge is -1.91. The largest absolute Gasteiger partial charge is 0.505 e. The maximum Gasteiger partial charge on any atom is 0.193 e. The minimum atomic E-state index is -0.341. The van der Waals surface area contributed by atoms with Crippen molar-refractivity contribution in [3.05, 3.63) is 11.8 Å². The van der Waals surface area contributed by atoms with Crippen LogP contribution in [-0.4, -0.2) is 24.6 Å². The number of hydrogen-bond donors (Lipinski definition) is 1. The quantitative estimate of drug-likeness (QED) is 0.451. The van der Waals surface area contributed by atoms with E-state index in [0.29, 0.717) is 0 Å². The lowest BCUT2D eigenvalue weighted by atomic mass is 10.3. The standard InChI is InChI=1S/C6H10O3/c1-5(7)6(8)3-4-9-2/h3,8H,4H2,1-2H3/b6-3+. The molecule has 9 heavy (non-hydrogen) atoms. The summed E-state index contributed by atoms with van der Waals surface area (Å²) in [6, 6.07) is 0. The summed E-state index contributed by atoms with van der Waals surface area (Å²) in [5, 5.41) is 8.69. The molecule has 0 saturated heterocycles. The van der Waals surface area contributed by atoms with E-state index in [1.54, 1.807) is 0 Å². The Hall–Kier alpha value is -0.830. The number of allylic oxidation sites excluding steroid dienone is 1. The van der Waals surface area contributed by atoms with Crippen molar-refractivity contribution < 1.29 is 14.6 Å². The Kier molecular flexibility index (Phi) is 3.71. The second-order valence-electron chi connectivity index (χ2n) is 1.60. The van der Waals surface area contributed by atoms with Crippen molar-refractivity contribution in [2.75, 3.05) is 13.7 Å². The number of ketones is 1. The molecule has 0 saturated carbocycles. The van der Waals surface area contributed by atoms with Gasteiger partial charge in [-0.3, -0.25) is 4.79 Å². The van der Waals surface area contributed by atoms with Gasteiger partial charge in [-0.1, -0.05) is 0 Å². The first-order chi connectivity index (χ1) is 4.18. The van der Waals surface area contributed by atoms with E-state index < -0.39 is 0 Å². The van der Waals surface area contributed by atoms with Crippen LogP contribution in [0.3, 0.4) is 0 Å². The molecule has 0 aromatic carbocycles. The molecule has 0 fully saturated rings. The van der Waals surface area contributed by atoms with Crippen molar-refractivity contribution in [1.82, 2.24) is 0 Å². The molecule has 0 spiro atoms. The Balaban J connectivity index is 3.69. The molecule has 0 radical (unpaired) electrons. The summed E-state index contributed by atoms with van der Waals surface area (Å²) in [4.78, 5) is 10.3. The monoisotopic (exact) mass is 130 g/mol. The number of Topliss-reactive ketones (excluding diaryl/α,β-unsaturated/α-hetero) is 1. The number of rotatable bonds is 3. The van der Waals surface area contributed by atoms with Crippen molar-refractivity contribution >= 4 is 5.78 Å². The predicted molar refractivity (Wildman–Crippen MR) is 33.3 cm³/mol. The lowest BCUT2D eigenvalue weighted by molar-refractivity contribution is -0.116. The van der Waals surface area contributed by atoms with E-state index in [4.69, 9.17) is 5.11 Å². The average molecular weight is 130 g/mol. The van der Waals surface area contributed by atoms with E-state index in [-0.39, 0.29) is 18.1 Å². The first-order valence-electron chi connectivity index (χ1n) is 2.57. The van der Waals surface area contributed by atoms with Crippen molar-refractivity contribution in [3.8, 4) is 0 Å². The third kappa shape index (κ3) is 3.73. The second-order valence-corrected chi connectivity index (χ2v) is 1.60. The molecule has 3 nitrogen and oxygen atoms in total. The molecule has 0 aromatic heterocycles. The molecule has 0 aromatic rings. The van der Waals surface area contributed by atoms with Gasteiger partial charge in [-0.25, -0.2) is 0 Å². The molecule has 1 N–H and O–H groups in total. The zero-order chi connectivity index (χ0) is 7.28. The Bertz CT molecular complexity index is 126. The summed E-state index contributed by atoms with van der Waals surface area (Å²) in [6.45, 7) is 1.56. The molecule has 0 rings (SSSR count). The van der Waals surface area contributed by atoms with Crippen molar-refractivity contribution in [2.24, 2.45) is 0 Å². The van der Waals surface area contributed by atoms with Gasteiger partial charge >= 0.3 is 0 Å². The van der Waals surface area contributed by atoms with E-state index in [9.17, 15) is 4.79 Å². The molecule has 52 valence electrons. The van der Waals surface area contributed by atoms with E-state index in [1.807, 2.05) is 0 Å². The van der Waals surface area contributed by atoms with Gasteiger partial charge in [0.1, 0.15) is 0 Å². The van der Waals surface area contributed by atoms with E-state index in [1.165, 1.54) is 20.1 Å². The molecular weight excluding hydrogens is 120 g/mol. The molecule has 0 atom stereocenters. The zero-order valence-electron chi connectivity index (χ0n) is 5.55. The Labute approximate surface area is 53.9 Å². The topological polar surface area (TPSA) is 46.5 Å². The van der Waals surface area contributed by atoms with Crippen molar-refractivity contribution in [3.63, 3.8) is 0 Å². The predicted octanol–water partition coefficient (Wildman–Crippen LogP) is 0.664. The highest BCUT2D eigenvalue weighted by atomic mass is 16.5. The summed E-state index contributed by atoms with van der Waals surface area (Å²) >= 11 is 0. The number of ether oxygens (including phenoxy) is 1. The Morgan fingerprint density at radius 1 is 1.78 bits per heavy atom. The van der Waals surface area contributed by atoms with Gasteiger partial charge in [-0.2, -0.15) is 0 Å². The van der Waals surface area contributed by atoms with E-state index in [2.05, 4.69) is 4.74 Å². The number of methoxy groups -OCH3 is 1. The van der Waals surface area contributed by atoms with Crippen LogP contribution < -0.4 is 0 Å². The molecule has 0 aliphatic carbocycles. The van der Waals surface area contributed by atoms with Crippen molar-refractivity contribution in [2.45, 2.75) is 6.92 Å². The molecule has 0 aliphatic rings. The summed E-state index contributed by atoms with van der Waals surface area (Å²) in [5.74, 6) is -0.580. The van der Waals surface area contributed by atoms with Crippen LogP contribution in [0.15, 0.2) is 11.8 Å². The minimum absolute atomic E-state index is 0.239. The van der Waals surface area contributed by atoms with E-state index >= 15 is 0 Å². The maximum atomic E-state index is 10.3. The summed E-state index contributed by atoms with van der Waals surface area (Å²) < 4.78 is 4.57. The molecule has 0 aliphatic heterocycles. The van der Waals surface area contributed by atoms with Gasteiger partial charge in [0.15, 0.2) is 11.5 Å². The van der Waals surface area contributed by atoms with Crippen LogP contribution in [0.2, 0.25) is 0 Å². The Morgan fingerprint density at radius 3 is 2.67 bits per heavy atom. The van der Waals surface area contributed by atoms with Crippen LogP contribution in [0.1, 0.15) is 6.92 Å². The minimum Gasteiger partial charge on any atom is -0.505 e. The fourth-order valence-corrected chi connectivity index (χ4v) is 0.306. The third-order valence-corrected chi connectivity index (χ3v) is 0.804. The van der Waals surface area contributed by atoms with Crippen LogP contribution in [-0.2, 0) is 9.53 Å². The number of carbonyl (C=O) groups excluding carboxylic acids is 1. The normalized spacial score (nSPS) is 11.6. The number of hydrogen-bond acceptors (Lipinski definition) is 3. The lowest BCUT2D eigenvalue weighted by Crippen LogP contribution is -1.96. The van der Waals surface area contributed by atoms with Gasteiger partial charge in [0.05, 0.1) is 6.61 Å². The highest BCUT2D eigenvalue weighted by Gasteiger charge is 1.96. The van der Waals surface area contributed by atoms with Crippen LogP contribution in [0.25, 0.3) is 0 Å². The van der Waals surface area contributed by atoms with Gasteiger partial charge in [-0.15, -0.1) is 0 Å². The fraction of sp³-hybridized carbons (Fsp3) is 0.500. The van der Waals surface area contributed by atoms with Crippen molar-refractivity contribution in [1.29, 1.82) is 0 Å². The number of aliphatic hydroxyl groups excluding tert-OH is 1. The van der Waals surface area contributed by atoms with Crippen LogP contribution in [0.5, 0.6) is 0 Å². The molecule has 3 heteroatoms. The number of carbonyl (C=O) groups is 1. The van der Waals surface area contributed by atoms with Gasteiger partial charge < -0.3 is 9.84 Å². The van der Waals surface area contributed by atoms with Gasteiger partial charge in [0.25, 0.3) is 0 Å². The van der Waals surface area contributed by atoms with Gasteiger partial charge in [0, 0.05) is 14.0 Å². The zero-order valence-corrected chi connectivity index (χ0v) is 5.55. The SMILES string of the molecule is COC/C=C(/O)C(C)=O. The number of aliphatic hydroxyl groups is 1. The molecule has 0 unspecified atom stereocenters. The molecule has 0 bridgehead atoms. The first-order valence-corrected chi connectivity index (χ1v) is 2.57. The van der Waals surface area contributed by atoms with Gasteiger partial charge in [0.2, 0.25) is 0 Å². The maximum absolute atomic E-state index is 10.3. The highest BCUT2D eigenvalue weighted by molar-refractivity contribution is 5.90. The molecule has 0 heterocycles. The highest BCUT2D eigenvalue weighted by Crippen LogP contribution is 1.88. The first kappa shape index (κ1) is 8.17. The smallest absolute Gasteiger partial charge is 0.193 e. The average Bonchev–Trinajstić information content (AvgIpc) is 1.82. The summed E-state index contributed by atoms with van der Waals surface area (Å²) in [5.41, 5.74) is 0. The molecular formula is C6H10O3. The van der Waals surface area contributed by atoms with Gasteiger partial charge in [-0.05, 0) is 6.08 Å². The van der Waals surface area contributed by atoms with Crippen LogP contribution >= 0.6 is 0 Å². The van der Waals surface area contributed by atoms with Crippen LogP contribution in [0, 0.1) is 0 Å². The van der Waals surface area contributed by atoms with Crippen LogP contribution in [0.4, 0.5) is 0 Å².